The fourth-order valence-corrected chi connectivity index (χ4v) is 3.85. The molecule has 0 radical (unpaired) electrons. The third kappa shape index (κ3) is 4.41. The van der Waals surface area contributed by atoms with Crippen molar-refractivity contribution < 1.29 is 4.79 Å². The number of hydrogen-bond donors (Lipinski definition) is 1. The summed E-state index contributed by atoms with van der Waals surface area (Å²) in [6.07, 6.45) is 3.34. The summed E-state index contributed by atoms with van der Waals surface area (Å²) in [5.41, 5.74) is 4.14. The van der Waals surface area contributed by atoms with E-state index in [0.29, 0.717) is 18.9 Å². The highest BCUT2D eigenvalue weighted by atomic mass is 16.2. The Labute approximate surface area is 161 Å². The van der Waals surface area contributed by atoms with E-state index in [-0.39, 0.29) is 11.9 Å². The first-order valence-corrected chi connectivity index (χ1v) is 9.75. The van der Waals surface area contributed by atoms with E-state index in [4.69, 9.17) is 0 Å². The Kier molecular flexibility index (Phi) is 5.68. The first-order chi connectivity index (χ1) is 12.8. The SMILES string of the molecule is Cc1cc(C)n(CCC(=O)N(c2ccc3[nH]ccc3c2)C(C)CC(C)C)n1. The molecule has 1 atom stereocenters. The van der Waals surface area contributed by atoms with Crippen LogP contribution in [0.4, 0.5) is 5.69 Å². The van der Waals surface area contributed by atoms with Crippen LogP contribution in [0.1, 0.15) is 45.0 Å². The van der Waals surface area contributed by atoms with E-state index in [2.05, 4.69) is 36.9 Å². The highest BCUT2D eigenvalue weighted by Crippen LogP contribution is 2.26. The molecular weight excluding hydrogens is 336 g/mol. The number of hydrogen-bond acceptors (Lipinski definition) is 2. The molecule has 0 saturated carbocycles. The van der Waals surface area contributed by atoms with Gasteiger partial charge in [-0.15, -0.1) is 0 Å². The molecule has 3 rings (SSSR count). The Morgan fingerprint density at radius 2 is 1.96 bits per heavy atom. The molecule has 5 nitrogen and oxygen atoms in total. The second kappa shape index (κ2) is 7.99. The van der Waals surface area contributed by atoms with Crippen LogP contribution in [0.15, 0.2) is 36.5 Å². The van der Waals surface area contributed by atoms with Crippen molar-refractivity contribution in [1.82, 2.24) is 14.8 Å². The van der Waals surface area contributed by atoms with Crippen LogP contribution in [0.2, 0.25) is 0 Å². The van der Waals surface area contributed by atoms with Gasteiger partial charge < -0.3 is 9.88 Å². The average Bonchev–Trinajstić information content (AvgIpc) is 3.17. The first kappa shape index (κ1) is 19.2. The first-order valence-electron chi connectivity index (χ1n) is 9.75. The zero-order chi connectivity index (χ0) is 19.6. The van der Waals surface area contributed by atoms with Crippen molar-refractivity contribution >= 4 is 22.5 Å². The molecule has 0 aliphatic heterocycles. The smallest absolute Gasteiger partial charge is 0.229 e. The van der Waals surface area contributed by atoms with Crippen LogP contribution in [-0.4, -0.2) is 26.7 Å². The minimum Gasteiger partial charge on any atom is -0.361 e. The highest BCUT2D eigenvalue weighted by Gasteiger charge is 2.23. The predicted molar refractivity (Wildman–Crippen MR) is 111 cm³/mol. The lowest BCUT2D eigenvalue weighted by Gasteiger charge is -2.31. The molecule has 1 aromatic carbocycles. The number of benzene rings is 1. The summed E-state index contributed by atoms with van der Waals surface area (Å²) < 4.78 is 1.92. The lowest BCUT2D eigenvalue weighted by Crippen LogP contribution is -2.40. The van der Waals surface area contributed by atoms with Gasteiger partial charge in [0.25, 0.3) is 0 Å². The van der Waals surface area contributed by atoms with Crippen molar-refractivity contribution in [1.29, 1.82) is 0 Å². The van der Waals surface area contributed by atoms with Crippen molar-refractivity contribution in [3.05, 3.63) is 47.9 Å². The molecule has 0 fully saturated rings. The minimum atomic E-state index is 0.144. The van der Waals surface area contributed by atoms with E-state index in [9.17, 15) is 4.79 Å². The molecule has 1 unspecified atom stereocenters. The van der Waals surface area contributed by atoms with Gasteiger partial charge in [-0.3, -0.25) is 9.48 Å². The van der Waals surface area contributed by atoms with Gasteiger partial charge in [-0.2, -0.15) is 5.10 Å². The summed E-state index contributed by atoms with van der Waals surface area (Å²) in [5, 5.41) is 5.61. The number of aromatic amines is 1. The average molecular weight is 367 g/mol. The molecule has 0 bridgehead atoms. The molecular formula is C22H30N4O. The number of fused-ring (bicyclic) bond motifs is 1. The van der Waals surface area contributed by atoms with E-state index < -0.39 is 0 Å². The van der Waals surface area contributed by atoms with Crippen molar-refractivity contribution in [2.24, 2.45) is 5.92 Å². The third-order valence-electron chi connectivity index (χ3n) is 4.98. The normalized spacial score (nSPS) is 12.7. The van der Waals surface area contributed by atoms with Crippen LogP contribution in [0.5, 0.6) is 0 Å². The highest BCUT2D eigenvalue weighted by molar-refractivity contribution is 5.96. The maximum atomic E-state index is 13.2. The van der Waals surface area contributed by atoms with Crippen molar-refractivity contribution in [3.8, 4) is 0 Å². The second-order valence-corrected chi connectivity index (χ2v) is 7.89. The summed E-state index contributed by atoms with van der Waals surface area (Å²) in [4.78, 5) is 18.4. The van der Waals surface area contributed by atoms with Crippen molar-refractivity contribution in [3.63, 3.8) is 0 Å². The zero-order valence-electron chi connectivity index (χ0n) is 17.0. The number of amides is 1. The Morgan fingerprint density at radius 1 is 1.19 bits per heavy atom. The lowest BCUT2D eigenvalue weighted by atomic mass is 10.0. The summed E-state index contributed by atoms with van der Waals surface area (Å²) in [5.74, 6) is 0.674. The molecule has 0 aliphatic rings. The van der Waals surface area contributed by atoms with Crippen molar-refractivity contribution in [2.45, 2.75) is 60.0 Å². The molecule has 5 heteroatoms. The van der Waals surface area contributed by atoms with Crippen LogP contribution in [-0.2, 0) is 11.3 Å². The molecule has 27 heavy (non-hydrogen) atoms. The van der Waals surface area contributed by atoms with E-state index in [1.807, 2.05) is 53.9 Å². The molecule has 1 N–H and O–H groups in total. The van der Waals surface area contributed by atoms with E-state index in [0.717, 1.165) is 34.4 Å². The molecule has 2 aromatic heterocycles. The van der Waals surface area contributed by atoms with Crippen LogP contribution < -0.4 is 4.90 Å². The molecule has 1 amide bonds. The topological polar surface area (TPSA) is 53.9 Å². The standard InChI is InChI=1S/C22H30N4O/c1-15(2)12-18(5)26(20-6-7-21-19(14-20)8-10-23-21)22(27)9-11-25-17(4)13-16(3)24-25/h6-8,10,13-15,18,23H,9,11-12H2,1-5H3. The quantitative estimate of drug-likeness (QED) is 0.650. The summed E-state index contributed by atoms with van der Waals surface area (Å²) in [7, 11) is 0. The molecule has 0 spiro atoms. The molecule has 2 heterocycles. The number of aryl methyl sites for hydroxylation is 3. The number of nitrogens with zero attached hydrogens (tertiary/aromatic N) is 3. The monoisotopic (exact) mass is 366 g/mol. The number of anilines is 1. The van der Waals surface area contributed by atoms with Gasteiger partial charge >= 0.3 is 0 Å². The fourth-order valence-electron chi connectivity index (χ4n) is 3.85. The van der Waals surface area contributed by atoms with Gasteiger partial charge in [0.05, 0.1) is 5.69 Å². The van der Waals surface area contributed by atoms with Gasteiger partial charge in [0.2, 0.25) is 5.91 Å². The Morgan fingerprint density at radius 3 is 2.63 bits per heavy atom. The van der Waals surface area contributed by atoms with Gasteiger partial charge in [-0.1, -0.05) is 13.8 Å². The summed E-state index contributed by atoms with van der Waals surface area (Å²) >= 11 is 0. The number of nitrogens with one attached hydrogen (secondary N) is 1. The summed E-state index contributed by atoms with van der Waals surface area (Å²) in [6.45, 7) is 11.2. The van der Waals surface area contributed by atoms with Crippen LogP contribution in [0.3, 0.4) is 0 Å². The maximum absolute atomic E-state index is 13.2. The fraction of sp³-hybridized carbons (Fsp3) is 0.455. The second-order valence-electron chi connectivity index (χ2n) is 7.89. The minimum absolute atomic E-state index is 0.144. The van der Waals surface area contributed by atoms with Gasteiger partial charge in [0.15, 0.2) is 0 Å². The van der Waals surface area contributed by atoms with Crippen LogP contribution in [0, 0.1) is 19.8 Å². The van der Waals surface area contributed by atoms with Gasteiger partial charge in [-0.25, -0.2) is 0 Å². The molecule has 0 saturated heterocycles. The third-order valence-corrected chi connectivity index (χ3v) is 4.98. The molecule has 144 valence electrons. The molecule has 3 aromatic rings. The maximum Gasteiger partial charge on any atom is 0.229 e. The Hall–Kier alpha value is -2.56. The number of carbonyl (C=O) groups excluding carboxylic acids is 1. The van der Waals surface area contributed by atoms with Crippen LogP contribution >= 0.6 is 0 Å². The number of rotatable bonds is 7. The van der Waals surface area contributed by atoms with Crippen LogP contribution in [0.25, 0.3) is 10.9 Å². The van der Waals surface area contributed by atoms with Gasteiger partial charge in [0.1, 0.15) is 0 Å². The van der Waals surface area contributed by atoms with E-state index >= 15 is 0 Å². The van der Waals surface area contributed by atoms with E-state index in [1.165, 1.54) is 0 Å². The van der Waals surface area contributed by atoms with Gasteiger partial charge in [0, 0.05) is 47.5 Å². The van der Waals surface area contributed by atoms with E-state index in [1.54, 1.807) is 0 Å². The number of H-pyrrole nitrogens is 1. The largest absolute Gasteiger partial charge is 0.361 e. The van der Waals surface area contributed by atoms with Gasteiger partial charge in [-0.05, 0) is 63.4 Å². The molecule has 0 aliphatic carbocycles. The number of carbonyl (C=O) groups is 1. The summed E-state index contributed by atoms with van der Waals surface area (Å²) in [6, 6.07) is 10.4. The number of aromatic nitrogens is 3. The Bertz CT molecular complexity index is 921. The predicted octanol–water partition coefficient (Wildman–Crippen LogP) is 4.84. The van der Waals surface area contributed by atoms with Crippen molar-refractivity contribution in [2.75, 3.05) is 4.90 Å². The lowest BCUT2D eigenvalue weighted by molar-refractivity contribution is -0.119. The Balaban J connectivity index is 1.84. The zero-order valence-corrected chi connectivity index (χ0v) is 17.0.